The molecule has 104 valence electrons. The van der Waals surface area contributed by atoms with Gasteiger partial charge < -0.3 is 5.32 Å². The van der Waals surface area contributed by atoms with Crippen LogP contribution in [0, 0.1) is 6.92 Å². The number of carbonyl (C=O) groups excluding carboxylic acids is 1. The minimum absolute atomic E-state index is 0.0201. The maximum Gasteiger partial charge on any atom is 0.234 e. The van der Waals surface area contributed by atoms with Gasteiger partial charge in [0.15, 0.2) is 0 Å². The number of para-hydroxylation sites is 1. The van der Waals surface area contributed by atoms with E-state index in [4.69, 9.17) is 0 Å². The fourth-order valence-corrected chi connectivity index (χ4v) is 2.33. The average Bonchev–Trinajstić information content (AvgIpc) is 2.41. The zero-order chi connectivity index (χ0) is 14.8. The van der Waals surface area contributed by atoms with Crippen LogP contribution in [0.4, 0.5) is 5.69 Å². The lowest BCUT2D eigenvalue weighted by molar-refractivity contribution is -0.120. The Balaban J connectivity index is 2.23. The van der Waals surface area contributed by atoms with Crippen LogP contribution in [0.2, 0.25) is 0 Å². The van der Waals surface area contributed by atoms with Gasteiger partial charge in [0.2, 0.25) is 5.91 Å². The summed E-state index contributed by atoms with van der Waals surface area (Å²) in [6.07, 6.45) is 0. The summed E-state index contributed by atoms with van der Waals surface area (Å²) >= 11 is 3.44. The molecule has 2 rings (SSSR count). The second kappa shape index (κ2) is 5.80. The minimum Gasteiger partial charge on any atom is -0.324 e. The molecule has 0 aromatic heterocycles. The van der Waals surface area contributed by atoms with Gasteiger partial charge >= 0.3 is 0 Å². The molecular formula is C17H18BrNO. The molecule has 0 aliphatic heterocycles. The number of anilines is 1. The highest BCUT2D eigenvalue weighted by Crippen LogP contribution is 2.28. The number of rotatable bonds is 3. The quantitative estimate of drug-likeness (QED) is 0.869. The highest BCUT2D eigenvalue weighted by atomic mass is 79.9. The summed E-state index contributed by atoms with van der Waals surface area (Å²) in [7, 11) is 0. The van der Waals surface area contributed by atoms with Crippen molar-refractivity contribution in [1.29, 1.82) is 0 Å². The normalized spacial score (nSPS) is 11.2. The van der Waals surface area contributed by atoms with E-state index < -0.39 is 5.41 Å². The van der Waals surface area contributed by atoms with Crippen LogP contribution < -0.4 is 5.32 Å². The standard InChI is InChI=1S/C17H18BrNO/c1-12-8-10-13(11-9-12)17(2,3)16(20)19-15-7-5-4-6-14(15)18/h4-11H,1-3H3,(H,19,20). The smallest absolute Gasteiger partial charge is 0.234 e. The lowest BCUT2D eigenvalue weighted by Crippen LogP contribution is -2.34. The summed E-state index contributed by atoms with van der Waals surface area (Å²) in [6, 6.07) is 15.7. The molecule has 0 saturated heterocycles. The first-order chi connectivity index (χ1) is 9.41. The van der Waals surface area contributed by atoms with Crippen molar-refractivity contribution in [2.75, 3.05) is 5.32 Å². The van der Waals surface area contributed by atoms with E-state index in [1.807, 2.05) is 69.3 Å². The zero-order valence-corrected chi connectivity index (χ0v) is 13.5. The number of amides is 1. The second-order valence-corrected chi connectivity index (χ2v) is 6.28. The molecule has 0 saturated carbocycles. The Morgan fingerprint density at radius 2 is 1.65 bits per heavy atom. The molecule has 0 radical (unpaired) electrons. The highest BCUT2D eigenvalue weighted by Gasteiger charge is 2.29. The molecule has 1 N–H and O–H groups in total. The fourth-order valence-electron chi connectivity index (χ4n) is 1.94. The molecule has 3 heteroatoms. The number of hydrogen-bond acceptors (Lipinski definition) is 1. The second-order valence-electron chi connectivity index (χ2n) is 5.42. The van der Waals surface area contributed by atoms with E-state index in [0.717, 1.165) is 15.7 Å². The van der Waals surface area contributed by atoms with Crippen molar-refractivity contribution in [1.82, 2.24) is 0 Å². The number of halogens is 1. The molecule has 2 aromatic carbocycles. The Bertz CT molecular complexity index is 617. The molecule has 0 fully saturated rings. The molecule has 0 aliphatic carbocycles. The van der Waals surface area contributed by atoms with Crippen molar-refractivity contribution in [3.05, 3.63) is 64.1 Å². The van der Waals surface area contributed by atoms with Crippen LogP contribution in [-0.2, 0) is 10.2 Å². The summed E-state index contributed by atoms with van der Waals surface area (Å²) in [5, 5.41) is 2.98. The van der Waals surface area contributed by atoms with E-state index in [1.54, 1.807) is 0 Å². The van der Waals surface area contributed by atoms with Gasteiger partial charge in [0, 0.05) is 4.47 Å². The monoisotopic (exact) mass is 331 g/mol. The first-order valence-electron chi connectivity index (χ1n) is 6.54. The molecule has 0 spiro atoms. The van der Waals surface area contributed by atoms with E-state index in [2.05, 4.69) is 21.2 Å². The zero-order valence-electron chi connectivity index (χ0n) is 11.9. The van der Waals surface area contributed by atoms with Crippen molar-refractivity contribution in [2.45, 2.75) is 26.2 Å². The lowest BCUT2D eigenvalue weighted by Gasteiger charge is -2.24. The molecule has 2 aromatic rings. The maximum absolute atomic E-state index is 12.5. The van der Waals surface area contributed by atoms with Gasteiger partial charge in [-0.15, -0.1) is 0 Å². The van der Waals surface area contributed by atoms with Crippen LogP contribution in [0.3, 0.4) is 0 Å². The Kier molecular flexibility index (Phi) is 4.29. The summed E-state index contributed by atoms with van der Waals surface area (Å²) in [5.41, 5.74) is 2.41. The molecule has 0 aliphatic rings. The molecule has 20 heavy (non-hydrogen) atoms. The van der Waals surface area contributed by atoms with Gasteiger partial charge in [-0.1, -0.05) is 42.0 Å². The third kappa shape index (κ3) is 3.10. The van der Waals surface area contributed by atoms with Crippen molar-refractivity contribution < 1.29 is 4.79 Å². The minimum atomic E-state index is -0.580. The van der Waals surface area contributed by atoms with Crippen LogP contribution in [0.15, 0.2) is 53.0 Å². The summed E-state index contributed by atoms with van der Waals surface area (Å²) in [5.74, 6) is -0.0201. The molecule has 0 unspecified atom stereocenters. The molecule has 0 bridgehead atoms. The van der Waals surface area contributed by atoms with Gasteiger partial charge in [0.05, 0.1) is 11.1 Å². The van der Waals surface area contributed by atoms with Gasteiger partial charge in [0.25, 0.3) is 0 Å². The van der Waals surface area contributed by atoms with Crippen molar-refractivity contribution in [2.24, 2.45) is 0 Å². The van der Waals surface area contributed by atoms with E-state index >= 15 is 0 Å². The van der Waals surface area contributed by atoms with E-state index in [-0.39, 0.29) is 5.91 Å². The first-order valence-corrected chi connectivity index (χ1v) is 7.33. The molecule has 1 amide bonds. The molecule has 0 heterocycles. The summed E-state index contributed by atoms with van der Waals surface area (Å²) in [4.78, 5) is 12.5. The van der Waals surface area contributed by atoms with Gasteiger partial charge in [-0.3, -0.25) is 4.79 Å². The topological polar surface area (TPSA) is 29.1 Å². The van der Waals surface area contributed by atoms with Crippen LogP contribution in [0.1, 0.15) is 25.0 Å². The number of hydrogen-bond donors (Lipinski definition) is 1. The van der Waals surface area contributed by atoms with Crippen LogP contribution in [0.25, 0.3) is 0 Å². The van der Waals surface area contributed by atoms with Crippen molar-refractivity contribution in [3.8, 4) is 0 Å². The third-order valence-corrected chi connectivity index (χ3v) is 4.15. The Morgan fingerprint density at radius 3 is 2.25 bits per heavy atom. The molecule has 0 atom stereocenters. The predicted molar refractivity (Wildman–Crippen MR) is 87.0 cm³/mol. The number of aryl methyl sites for hydroxylation is 1. The van der Waals surface area contributed by atoms with Crippen LogP contribution >= 0.6 is 15.9 Å². The Morgan fingerprint density at radius 1 is 1.05 bits per heavy atom. The van der Waals surface area contributed by atoms with E-state index in [0.29, 0.717) is 0 Å². The SMILES string of the molecule is Cc1ccc(C(C)(C)C(=O)Nc2ccccc2Br)cc1. The van der Waals surface area contributed by atoms with Gasteiger partial charge in [-0.2, -0.15) is 0 Å². The third-order valence-electron chi connectivity index (χ3n) is 3.46. The van der Waals surface area contributed by atoms with Crippen molar-refractivity contribution >= 4 is 27.5 Å². The van der Waals surface area contributed by atoms with E-state index in [1.165, 1.54) is 5.56 Å². The summed E-state index contributed by atoms with van der Waals surface area (Å²) in [6.45, 7) is 5.91. The number of carbonyl (C=O) groups is 1. The van der Waals surface area contributed by atoms with Gasteiger partial charge in [-0.25, -0.2) is 0 Å². The average molecular weight is 332 g/mol. The number of benzene rings is 2. The van der Waals surface area contributed by atoms with Gasteiger partial charge in [-0.05, 0) is 54.4 Å². The Hall–Kier alpha value is -1.61. The van der Waals surface area contributed by atoms with Crippen molar-refractivity contribution in [3.63, 3.8) is 0 Å². The van der Waals surface area contributed by atoms with Gasteiger partial charge in [0.1, 0.15) is 0 Å². The first kappa shape index (κ1) is 14.8. The van der Waals surface area contributed by atoms with Crippen LogP contribution in [-0.4, -0.2) is 5.91 Å². The van der Waals surface area contributed by atoms with E-state index in [9.17, 15) is 4.79 Å². The largest absolute Gasteiger partial charge is 0.324 e. The lowest BCUT2D eigenvalue weighted by atomic mass is 9.83. The Labute approximate surface area is 128 Å². The maximum atomic E-state index is 12.5. The van der Waals surface area contributed by atoms with Crippen LogP contribution in [0.5, 0.6) is 0 Å². The fraction of sp³-hybridized carbons (Fsp3) is 0.235. The molecular weight excluding hydrogens is 314 g/mol. The molecule has 2 nitrogen and oxygen atoms in total. The predicted octanol–water partition coefficient (Wildman–Crippen LogP) is 4.67. The number of nitrogens with one attached hydrogen (secondary N) is 1. The highest BCUT2D eigenvalue weighted by molar-refractivity contribution is 9.10. The summed E-state index contributed by atoms with van der Waals surface area (Å²) < 4.78 is 0.882.